The molecule has 6 heteroatoms. The number of H-pyrrole nitrogens is 1. The number of aromatic amines is 1. The second-order valence-corrected chi connectivity index (χ2v) is 6.08. The average Bonchev–Trinajstić information content (AvgIpc) is 3.23. The molecule has 1 saturated carbocycles. The van der Waals surface area contributed by atoms with Crippen LogP contribution in [0.4, 0.5) is 5.69 Å². The van der Waals surface area contributed by atoms with E-state index < -0.39 is 0 Å². The Kier molecular flexibility index (Phi) is 4.90. The monoisotopic (exact) mass is 314 g/mol. The number of amides is 1. The van der Waals surface area contributed by atoms with E-state index in [4.69, 9.17) is 4.74 Å². The number of aromatic nitrogens is 3. The fourth-order valence-corrected chi connectivity index (χ4v) is 2.79. The van der Waals surface area contributed by atoms with E-state index in [1.165, 1.54) is 12.8 Å². The molecular formula is C17H22N4O2. The molecule has 1 fully saturated rings. The number of carbonyl (C=O) groups is 1. The van der Waals surface area contributed by atoms with Crippen LogP contribution < -0.4 is 10.1 Å². The lowest BCUT2D eigenvalue weighted by Gasteiger charge is -2.13. The van der Waals surface area contributed by atoms with Crippen LogP contribution in [0.2, 0.25) is 0 Å². The lowest BCUT2D eigenvalue weighted by atomic mass is 10.1. The number of anilines is 1. The van der Waals surface area contributed by atoms with Crippen LogP contribution in [0, 0.1) is 5.92 Å². The Balaban J connectivity index is 1.51. The molecule has 0 radical (unpaired) electrons. The zero-order valence-electron chi connectivity index (χ0n) is 13.3. The summed E-state index contributed by atoms with van der Waals surface area (Å²) in [6, 6.07) is 3.64. The van der Waals surface area contributed by atoms with Crippen LogP contribution in [0.25, 0.3) is 0 Å². The van der Waals surface area contributed by atoms with Crippen molar-refractivity contribution < 1.29 is 9.53 Å². The number of hydrogen-bond donors (Lipinski definition) is 2. The van der Waals surface area contributed by atoms with E-state index >= 15 is 0 Å². The quantitative estimate of drug-likeness (QED) is 0.859. The molecule has 6 nitrogen and oxygen atoms in total. The van der Waals surface area contributed by atoms with Crippen molar-refractivity contribution in [1.29, 1.82) is 0 Å². The SMILES string of the molecule is C[C@@H](Cc1cnc[nH]1)C(=O)Nc1ccc(OC2CCCC2)nc1. The van der Waals surface area contributed by atoms with Crippen LogP contribution in [0.1, 0.15) is 38.3 Å². The van der Waals surface area contributed by atoms with E-state index in [0.29, 0.717) is 18.0 Å². The summed E-state index contributed by atoms with van der Waals surface area (Å²) in [5, 5.41) is 2.88. The van der Waals surface area contributed by atoms with E-state index in [1.54, 1.807) is 18.7 Å². The molecule has 3 rings (SSSR count). The summed E-state index contributed by atoms with van der Waals surface area (Å²) in [6.07, 6.45) is 10.6. The molecule has 0 aromatic carbocycles. The average molecular weight is 314 g/mol. The fraction of sp³-hybridized carbons (Fsp3) is 0.471. The molecule has 0 spiro atoms. The van der Waals surface area contributed by atoms with E-state index in [2.05, 4.69) is 20.3 Å². The third-order valence-corrected chi connectivity index (χ3v) is 4.12. The predicted octanol–water partition coefficient (Wildman–Crippen LogP) is 2.94. The number of nitrogens with zero attached hydrogens (tertiary/aromatic N) is 2. The molecule has 0 aliphatic heterocycles. The molecule has 2 N–H and O–H groups in total. The van der Waals surface area contributed by atoms with Crippen molar-refractivity contribution in [1.82, 2.24) is 15.0 Å². The van der Waals surface area contributed by atoms with Gasteiger partial charge < -0.3 is 15.0 Å². The Labute approximate surface area is 135 Å². The molecule has 2 heterocycles. The van der Waals surface area contributed by atoms with Gasteiger partial charge in [-0.3, -0.25) is 4.79 Å². The third-order valence-electron chi connectivity index (χ3n) is 4.12. The van der Waals surface area contributed by atoms with Gasteiger partial charge >= 0.3 is 0 Å². The highest BCUT2D eigenvalue weighted by atomic mass is 16.5. The van der Waals surface area contributed by atoms with Gasteiger partial charge in [-0.2, -0.15) is 0 Å². The predicted molar refractivity (Wildman–Crippen MR) is 87.2 cm³/mol. The summed E-state index contributed by atoms with van der Waals surface area (Å²) in [7, 11) is 0. The number of pyridine rings is 1. The number of carbonyl (C=O) groups excluding carboxylic acids is 1. The van der Waals surface area contributed by atoms with Gasteiger partial charge in [-0.05, 0) is 31.7 Å². The van der Waals surface area contributed by atoms with Gasteiger partial charge in [0.15, 0.2) is 0 Å². The Hall–Kier alpha value is -2.37. The number of ether oxygens (including phenoxy) is 1. The van der Waals surface area contributed by atoms with Crippen molar-refractivity contribution in [2.45, 2.75) is 45.1 Å². The lowest BCUT2D eigenvalue weighted by molar-refractivity contribution is -0.119. The first-order valence-electron chi connectivity index (χ1n) is 8.11. The minimum atomic E-state index is -0.148. The molecular weight excluding hydrogens is 292 g/mol. The number of nitrogens with one attached hydrogen (secondary N) is 2. The molecule has 122 valence electrons. The molecule has 1 atom stereocenters. The first kappa shape index (κ1) is 15.5. The van der Waals surface area contributed by atoms with Crippen LogP contribution in [0.15, 0.2) is 30.9 Å². The van der Waals surface area contributed by atoms with Gasteiger partial charge in [0.25, 0.3) is 0 Å². The summed E-state index contributed by atoms with van der Waals surface area (Å²) < 4.78 is 5.82. The normalized spacial score (nSPS) is 16.2. The van der Waals surface area contributed by atoms with Gasteiger partial charge in [-0.1, -0.05) is 6.92 Å². The number of rotatable bonds is 6. The summed E-state index contributed by atoms with van der Waals surface area (Å²) in [5.74, 6) is 0.441. The zero-order valence-corrected chi connectivity index (χ0v) is 13.3. The van der Waals surface area contributed by atoms with Crippen molar-refractivity contribution in [3.8, 4) is 5.88 Å². The van der Waals surface area contributed by atoms with Gasteiger partial charge in [0.2, 0.25) is 11.8 Å². The molecule has 0 bridgehead atoms. The highest BCUT2D eigenvalue weighted by molar-refractivity contribution is 5.92. The molecule has 1 amide bonds. The molecule has 2 aromatic heterocycles. The van der Waals surface area contributed by atoms with Gasteiger partial charge in [0, 0.05) is 30.3 Å². The molecule has 1 aliphatic rings. The van der Waals surface area contributed by atoms with Gasteiger partial charge in [-0.25, -0.2) is 9.97 Å². The Morgan fingerprint density at radius 1 is 1.39 bits per heavy atom. The number of hydrogen-bond acceptors (Lipinski definition) is 4. The minimum Gasteiger partial charge on any atom is -0.474 e. The molecule has 0 unspecified atom stereocenters. The van der Waals surface area contributed by atoms with Crippen LogP contribution in [-0.2, 0) is 11.2 Å². The first-order valence-corrected chi connectivity index (χ1v) is 8.11. The summed E-state index contributed by atoms with van der Waals surface area (Å²) in [5.41, 5.74) is 1.64. The third kappa shape index (κ3) is 4.31. The van der Waals surface area contributed by atoms with Gasteiger partial charge in [0.1, 0.15) is 6.10 Å². The minimum absolute atomic E-state index is 0.0362. The summed E-state index contributed by atoms with van der Waals surface area (Å²) in [4.78, 5) is 23.4. The Bertz CT molecular complexity index is 619. The van der Waals surface area contributed by atoms with Crippen LogP contribution in [-0.4, -0.2) is 27.0 Å². The lowest BCUT2D eigenvalue weighted by Crippen LogP contribution is -2.22. The van der Waals surface area contributed by atoms with Crippen molar-refractivity contribution in [3.05, 3.63) is 36.5 Å². The van der Waals surface area contributed by atoms with Crippen LogP contribution in [0.3, 0.4) is 0 Å². The highest BCUT2D eigenvalue weighted by Crippen LogP contribution is 2.23. The van der Waals surface area contributed by atoms with E-state index in [1.807, 2.05) is 19.1 Å². The largest absolute Gasteiger partial charge is 0.474 e. The maximum atomic E-state index is 12.2. The smallest absolute Gasteiger partial charge is 0.227 e. The second-order valence-electron chi connectivity index (χ2n) is 6.08. The van der Waals surface area contributed by atoms with Crippen LogP contribution in [0.5, 0.6) is 5.88 Å². The first-order chi connectivity index (χ1) is 11.2. The Morgan fingerprint density at radius 3 is 2.87 bits per heavy atom. The van der Waals surface area contributed by atoms with E-state index in [9.17, 15) is 4.79 Å². The summed E-state index contributed by atoms with van der Waals surface area (Å²) in [6.45, 7) is 1.89. The highest BCUT2D eigenvalue weighted by Gasteiger charge is 2.17. The topological polar surface area (TPSA) is 79.9 Å². The molecule has 1 aliphatic carbocycles. The molecule has 2 aromatic rings. The maximum Gasteiger partial charge on any atom is 0.227 e. The zero-order chi connectivity index (χ0) is 16.1. The van der Waals surface area contributed by atoms with Crippen molar-refractivity contribution in [3.63, 3.8) is 0 Å². The molecule has 23 heavy (non-hydrogen) atoms. The van der Waals surface area contributed by atoms with Crippen molar-refractivity contribution in [2.24, 2.45) is 5.92 Å². The van der Waals surface area contributed by atoms with Gasteiger partial charge in [-0.15, -0.1) is 0 Å². The van der Waals surface area contributed by atoms with Crippen molar-refractivity contribution in [2.75, 3.05) is 5.32 Å². The fourth-order valence-electron chi connectivity index (χ4n) is 2.79. The maximum absolute atomic E-state index is 12.2. The second kappa shape index (κ2) is 7.26. The summed E-state index contributed by atoms with van der Waals surface area (Å²) >= 11 is 0. The standard InChI is InChI=1S/C17H22N4O2/c1-12(8-14-9-18-11-20-14)17(22)21-13-6-7-16(19-10-13)23-15-4-2-3-5-15/h6-7,9-12,15H,2-5,8H2,1H3,(H,18,20)(H,21,22)/t12-/m0/s1. The Morgan fingerprint density at radius 2 is 2.22 bits per heavy atom. The van der Waals surface area contributed by atoms with Crippen LogP contribution >= 0.6 is 0 Å². The van der Waals surface area contributed by atoms with E-state index in [0.717, 1.165) is 18.5 Å². The number of imidazole rings is 1. The van der Waals surface area contributed by atoms with Crippen molar-refractivity contribution >= 4 is 11.6 Å². The van der Waals surface area contributed by atoms with Gasteiger partial charge in [0.05, 0.1) is 18.2 Å². The van der Waals surface area contributed by atoms with E-state index in [-0.39, 0.29) is 17.9 Å². The molecule has 0 saturated heterocycles.